The van der Waals surface area contributed by atoms with Crippen LogP contribution in [-0.4, -0.2) is 133 Å². The first-order valence-electron chi connectivity index (χ1n) is 21.5. The Labute approximate surface area is 387 Å². The first-order chi connectivity index (χ1) is 30.3. The predicted molar refractivity (Wildman–Crippen MR) is 250 cm³/mol. The second kappa shape index (κ2) is 22.2. The molecule has 0 saturated heterocycles. The minimum absolute atomic E-state index is 0. The first-order valence-corrected chi connectivity index (χ1v) is 24.8. The second-order valence-corrected chi connectivity index (χ2v) is 20.6. The molecule has 65 heavy (non-hydrogen) atoms. The molecule has 6 rings (SSSR count). The van der Waals surface area contributed by atoms with Gasteiger partial charge in [-0.1, -0.05) is 26.0 Å². The minimum Gasteiger partial charge on any atom is -0.389 e. The number of carbonyl (C=O) groups is 5. The lowest BCUT2D eigenvalue weighted by atomic mass is 9.88. The number of rotatable bonds is 26. The Morgan fingerprint density at radius 2 is 1.55 bits per heavy atom. The van der Waals surface area contributed by atoms with Gasteiger partial charge in [-0.3, -0.25) is 33.4 Å². The van der Waals surface area contributed by atoms with Crippen LogP contribution < -0.4 is 5.32 Å². The molecule has 6 heterocycles. The molecule has 1 unspecified atom stereocenters. The SMILES string of the molecule is C.C[N+](C)(C)CCCc1cc(-c2cccs2)n2c1C=C1C(CCC(=O)NC(CS(=O)(=O)O)C(=O)CCCCCC(=O)CCCOCCN3C(=O)C=CC3=O)=CC(c3cccs3)=[N+]1[B-]2(F)F. The van der Waals surface area contributed by atoms with Crippen molar-refractivity contribution < 1.29 is 59.3 Å². The lowest BCUT2D eigenvalue weighted by molar-refractivity contribution is -0.870. The standard InChI is InChI=1S/C44H54BF2N5O9S3.CH4/c1-52(2,3)22-7-11-31-27-37(40-15-9-25-62-40)50-35(31)29-36-32(28-38(41-16-10-26-63-41)51(36)45(50,46)47)17-18-42(55)48-34(30-64(58,59)60)39(54)14-6-4-5-12-33(53)13-8-23-61-24-21-49-43(56)19-20-44(49)57;/h9-10,15-16,19-20,25-29,34H,4-8,11-14,17-18,21-24,30H2,1-3H3,(H-,48,55,58,59,60);1H4/p+1. The molecule has 352 valence electrons. The number of ketones is 2. The molecule has 20 heteroatoms. The van der Waals surface area contributed by atoms with Gasteiger partial charge in [-0.25, -0.2) is 0 Å². The molecule has 1 atom stereocenters. The van der Waals surface area contributed by atoms with Crippen LogP contribution in [0.2, 0.25) is 0 Å². The van der Waals surface area contributed by atoms with E-state index in [1.165, 1.54) is 39.3 Å². The molecular formula is C45H59BF2N5O9S3+. The molecule has 0 saturated carbocycles. The maximum absolute atomic E-state index is 17.3. The van der Waals surface area contributed by atoms with E-state index < -0.39 is 40.6 Å². The average molecular weight is 959 g/mol. The summed E-state index contributed by atoms with van der Waals surface area (Å²) in [7, 11) is 1.58. The largest absolute Gasteiger partial charge is 0.737 e. The van der Waals surface area contributed by atoms with Crippen LogP contribution in [0.4, 0.5) is 8.63 Å². The van der Waals surface area contributed by atoms with E-state index in [4.69, 9.17) is 4.74 Å². The number of carbonyl (C=O) groups excluding carboxylic acids is 5. The van der Waals surface area contributed by atoms with Gasteiger partial charge in [-0.05, 0) is 66.6 Å². The number of unbranched alkanes of at least 4 members (excludes halogenated alkanes) is 2. The zero-order valence-corrected chi connectivity index (χ0v) is 38.8. The van der Waals surface area contributed by atoms with Crippen molar-refractivity contribution >= 4 is 80.8 Å². The van der Waals surface area contributed by atoms with Crippen molar-refractivity contribution in [3.05, 3.63) is 86.7 Å². The Hall–Kier alpha value is -4.73. The van der Waals surface area contributed by atoms with E-state index in [1.54, 1.807) is 24.3 Å². The summed E-state index contributed by atoms with van der Waals surface area (Å²) in [5, 5.41) is 6.15. The van der Waals surface area contributed by atoms with E-state index in [0.29, 0.717) is 59.7 Å². The fraction of sp³-hybridized carbons (Fsp3) is 0.467. The highest BCUT2D eigenvalue weighted by Crippen LogP contribution is 2.43. The summed E-state index contributed by atoms with van der Waals surface area (Å²) in [5.41, 5.74) is 2.73. The zero-order valence-electron chi connectivity index (χ0n) is 36.3. The van der Waals surface area contributed by atoms with Crippen LogP contribution in [0, 0.1) is 0 Å². The Balaban J connectivity index is 0.00000793. The quantitative estimate of drug-likeness (QED) is 0.0298. The van der Waals surface area contributed by atoms with E-state index in [9.17, 15) is 36.9 Å². The molecule has 0 spiro atoms. The van der Waals surface area contributed by atoms with Gasteiger partial charge >= 0.3 is 6.97 Å². The zero-order chi connectivity index (χ0) is 46.2. The third-order valence-corrected chi connectivity index (χ3v) is 13.8. The molecule has 3 aliphatic rings. The third-order valence-electron chi connectivity index (χ3n) is 11.2. The Kier molecular flexibility index (Phi) is 17.5. The van der Waals surface area contributed by atoms with Crippen LogP contribution in [0.5, 0.6) is 0 Å². The Morgan fingerprint density at radius 3 is 2.20 bits per heavy atom. The smallest absolute Gasteiger partial charge is 0.389 e. The van der Waals surface area contributed by atoms with Gasteiger partial charge in [-0.15, -0.1) is 22.7 Å². The van der Waals surface area contributed by atoms with Crippen LogP contribution in [-0.2, 0) is 45.2 Å². The van der Waals surface area contributed by atoms with Crippen molar-refractivity contribution in [3.63, 3.8) is 0 Å². The predicted octanol–water partition coefficient (Wildman–Crippen LogP) is 6.54. The average Bonchev–Trinajstić information content (AvgIpc) is 4.07. The summed E-state index contributed by atoms with van der Waals surface area (Å²) in [6, 6.07) is 7.57. The molecule has 0 aliphatic carbocycles. The van der Waals surface area contributed by atoms with E-state index in [1.807, 2.05) is 29.0 Å². The van der Waals surface area contributed by atoms with Gasteiger partial charge in [0.25, 0.3) is 21.9 Å². The summed E-state index contributed by atoms with van der Waals surface area (Å²) in [6.45, 7) is -2.99. The summed E-state index contributed by atoms with van der Waals surface area (Å²) in [4.78, 5) is 64.6. The van der Waals surface area contributed by atoms with Gasteiger partial charge in [0.2, 0.25) is 5.91 Å². The third kappa shape index (κ3) is 13.4. The minimum atomic E-state index is -4.68. The molecule has 3 aliphatic heterocycles. The molecule has 0 fully saturated rings. The normalized spacial score (nSPS) is 16.0. The van der Waals surface area contributed by atoms with Gasteiger partial charge in [0.1, 0.15) is 17.6 Å². The van der Waals surface area contributed by atoms with E-state index >= 15 is 8.63 Å². The summed E-state index contributed by atoms with van der Waals surface area (Å²) in [6.07, 6.45) is 9.17. The van der Waals surface area contributed by atoms with Gasteiger partial charge < -0.3 is 32.1 Å². The topological polar surface area (TPSA) is 172 Å². The number of nitrogens with one attached hydrogen (secondary N) is 1. The van der Waals surface area contributed by atoms with Gasteiger partial charge in [0.15, 0.2) is 17.2 Å². The number of aryl methyl sites for hydroxylation is 1. The number of fused-ring (bicyclic) bond motifs is 2. The number of thiophene rings is 2. The van der Waals surface area contributed by atoms with Crippen LogP contribution in [0.1, 0.15) is 87.8 Å². The number of hydrogen-bond acceptors (Lipinski definition) is 10. The number of imide groups is 1. The monoisotopic (exact) mass is 958 g/mol. The second-order valence-electron chi connectivity index (χ2n) is 17.2. The van der Waals surface area contributed by atoms with E-state index in [2.05, 4.69) is 26.5 Å². The molecule has 3 amide bonds. The van der Waals surface area contributed by atoms with Crippen molar-refractivity contribution in [2.75, 3.05) is 53.2 Å². The number of hydrogen-bond donors (Lipinski definition) is 2. The van der Waals surface area contributed by atoms with E-state index in [0.717, 1.165) is 37.3 Å². The van der Waals surface area contributed by atoms with Crippen LogP contribution >= 0.6 is 22.7 Å². The summed E-state index contributed by atoms with van der Waals surface area (Å²) >= 11 is 2.71. The number of ether oxygens (including phenoxy) is 1. The lowest BCUT2D eigenvalue weighted by Crippen LogP contribution is -2.50. The highest BCUT2D eigenvalue weighted by molar-refractivity contribution is 7.85. The first kappa shape index (κ1) is 51.3. The number of Topliss-reactive ketones (excluding diaryl/α,β-unsaturated/α-hetero) is 2. The number of halogens is 2. The highest BCUT2D eigenvalue weighted by atomic mass is 32.2. The molecule has 2 N–H and O–H groups in total. The highest BCUT2D eigenvalue weighted by Gasteiger charge is 2.55. The number of aromatic nitrogens is 1. The molecule has 3 aromatic heterocycles. The van der Waals surface area contributed by atoms with Crippen LogP contribution in [0.25, 0.3) is 16.6 Å². The van der Waals surface area contributed by atoms with Crippen molar-refractivity contribution in [1.82, 2.24) is 14.7 Å². The van der Waals surface area contributed by atoms with Crippen molar-refractivity contribution in [2.24, 2.45) is 0 Å². The van der Waals surface area contributed by atoms with Gasteiger partial charge in [-0.2, -0.15) is 8.42 Å². The number of quaternary nitrogens is 1. The van der Waals surface area contributed by atoms with Crippen LogP contribution in [0.15, 0.2) is 70.6 Å². The molecule has 0 aromatic carbocycles. The molecule has 0 bridgehead atoms. The van der Waals surface area contributed by atoms with Crippen molar-refractivity contribution in [2.45, 2.75) is 84.1 Å². The maximum Gasteiger partial charge on any atom is 0.737 e. The Bertz CT molecular complexity index is 2450. The number of amides is 3. The fourth-order valence-corrected chi connectivity index (χ4v) is 10.3. The molecule has 0 radical (unpaired) electrons. The molecular weight excluding hydrogens is 900 g/mol. The summed E-state index contributed by atoms with van der Waals surface area (Å²) in [5.74, 6) is -3.07. The van der Waals surface area contributed by atoms with E-state index in [-0.39, 0.29) is 82.6 Å². The molecule has 3 aromatic rings. The fourth-order valence-electron chi connectivity index (χ4n) is 8.12. The Morgan fingerprint density at radius 1 is 0.892 bits per heavy atom. The van der Waals surface area contributed by atoms with Crippen molar-refractivity contribution in [1.29, 1.82) is 0 Å². The summed E-state index contributed by atoms with van der Waals surface area (Å²) < 4.78 is 76.6. The lowest BCUT2D eigenvalue weighted by Gasteiger charge is -2.31. The van der Waals surface area contributed by atoms with Crippen molar-refractivity contribution in [3.8, 4) is 10.6 Å². The van der Waals surface area contributed by atoms with Gasteiger partial charge in [0, 0.05) is 84.9 Å². The number of nitrogens with zero attached hydrogens (tertiary/aromatic N) is 4. The number of allylic oxidation sites excluding steroid dienone is 2. The van der Waals surface area contributed by atoms with Gasteiger partial charge in [0.05, 0.1) is 45.7 Å². The maximum atomic E-state index is 17.3. The molecule has 14 nitrogen and oxygen atoms in total. The van der Waals surface area contributed by atoms with Crippen LogP contribution in [0.3, 0.4) is 0 Å².